The highest BCUT2D eigenvalue weighted by molar-refractivity contribution is 7.99. The highest BCUT2D eigenvalue weighted by Crippen LogP contribution is 2.22. The molecule has 0 amide bonds. The van der Waals surface area contributed by atoms with Gasteiger partial charge in [-0.2, -0.15) is 0 Å². The van der Waals surface area contributed by atoms with E-state index in [4.69, 9.17) is 4.74 Å². The van der Waals surface area contributed by atoms with Crippen LogP contribution in [-0.4, -0.2) is 31.4 Å². The van der Waals surface area contributed by atoms with Gasteiger partial charge in [0.1, 0.15) is 0 Å². The van der Waals surface area contributed by atoms with Crippen LogP contribution in [0.2, 0.25) is 0 Å². The van der Waals surface area contributed by atoms with Crippen molar-refractivity contribution in [3.8, 4) is 0 Å². The molecule has 0 heterocycles. The van der Waals surface area contributed by atoms with E-state index in [0.29, 0.717) is 0 Å². The van der Waals surface area contributed by atoms with Crippen LogP contribution in [0.15, 0.2) is 23.1 Å². The van der Waals surface area contributed by atoms with Gasteiger partial charge in [-0.05, 0) is 30.9 Å². The van der Waals surface area contributed by atoms with Crippen LogP contribution in [0.4, 0.5) is 0 Å². The molecule has 0 spiro atoms. The molecule has 0 N–H and O–H groups in total. The Balaban J connectivity index is 3.16. The van der Waals surface area contributed by atoms with Crippen molar-refractivity contribution in [2.45, 2.75) is 18.7 Å². The fourth-order valence-corrected chi connectivity index (χ4v) is 2.14. The summed E-state index contributed by atoms with van der Waals surface area (Å²) in [6.07, 6.45) is 0. The van der Waals surface area contributed by atoms with Crippen LogP contribution in [0, 0.1) is 0 Å². The van der Waals surface area contributed by atoms with E-state index in [0.717, 1.165) is 10.6 Å². The van der Waals surface area contributed by atoms with E-state index in [-0.39, 0.29) is 17.7 Å². The molecular weight excluding hydrogens is 252 g/mol. The van der Waals surface area contributed by atoms with Crippen molar-refractivity contribution in [2.24, 2.45) is 0 Å². The lowest BCUT2D eigenvalue weighted by molar-refractivity contribution is 0.0504. The van der Waals surface area contributed by atoms with Crippen LogP contribution in [0.5, 0.6) is 0 Å². The quantitative estimate of drug-likeness (QED) is 0.607. The van der Waals surface area contributed by atoms with Crippen molar-refractivity contribution in [1.82, 2.24) is 0 Å². The Bertz CT molecular complexity index is 443. The molecule has 4 nitrogen and oxygen atoms in total. The van der Waals surface area contributed by atoms with Crippen molar-refractivity contribution in [3.63, 3.8) is 0 Å². The standard InChI is InChI=1S/C13H16O4S/c1-4-17-13(15)10-7-6-9(18-5-2)8-11(10)12(14)16-3/h6-8H,4-5H2,1-3H3. The smallest absolute Gasteiger partial charge is 0.338 e. The summed E-state index contributed by atoms with van der Waals surface area (Å²) in [7, 11) is 1.29. The minimum Gasteiger partial charge on any atom is -0.465 e. The van der Waals surface area contributed by atoms with Crippen LogP contribution in [0.1, 0.15) is 34.6 Å². The highest BCUT2D eigenvalue weighted by Gasteiger charge is 2.19. The summed E-state index contributed by atoms with van der Waals surface area (Å²) in [5.41, 5.74) is 0.485. The average Bonchev–Trinajstić information content (AvgIpc) is 2.38. The summed E-state index contributed by atoms with van der Waals surface area (Å²) >= 11 is 1.59. The van der Waals surface area contributed by atoms with E-state index in [2.05, 4.69) is 4.74 Å². The fourth-order valence-electron chi connectivity index (χ4n) is 1.45. The third-order valence-corrected chi connectivity index (χ3v) is 3.08. The Labute approximate surface area is 111 Å². The molecule has 98 valence electrons. The van der Waals surface area contributed by atoms with Crippen molar-refractivity contribution in [1.29, 1.82) is 0 Å². The fraction of sp³-hybridized carbons (Fsp3) is 0.385. The van der Waals surface area contributed by atoms with Crippen molar-refractivity contribution >= 4 is 23.7 Å². The molecule has 0 saturated carbocycles. The summed E-state index contributed by atoms with van der Waals surface area (Å²) in [6, 6.07) is 5.06. The lowest BCUT2D eigenvalue weighted by Crippen LogP contribution is -2.13. The van der Waals surface area contributed by atoms with Crippen LogP contribution in [0.3, 0.4) is 0 Å². The normalized spacial score (nSPS) is 9.94. The van der Waals surface area contributed by atoms with Gasteiger partial charge in [0, 0.05) is 4.90 Å². The lowest BCUT2D eigenvalue weighted by Gasteiger charge is -2.09. The Hall–Kier alpha value is -1.49. The van der Waals surface area contributed by atoms with Crippen molar-refractivity contribution in [2.75, 3.05) is 19.5 Å². The van der Waals surface area contributed by atoms with Gasteiger partial charge in [0.25, 0.3) is 0 Å². The van der Waals surface area contributed by atoms with Gasteiger partial charge in [-0.3, -0.25) is 0 Å². The summed E-state index contributed by atoms with van der Waals surface area (Å²) in [5, 5.41) is 0. The molecule has 0 bridgehead atoms. The molecule has 0 aliphatic rings. The van der Waals surface area contributed by atoms with Gasteiger partial charge >= 0.3 is 11.9 Å². The number of benzene rings is 1. The largest absolute Gasteiger partial charge is 0.465 e. The van der Waals surface area contributed by atoms with Gasteiger partial charge in [-0.1, -0.05) is 6.92 Å². The van der Waals surface area contributed by atoms with E-state index in [1.807, 2.05) is 6.92 Å². The summed E-state index contributed by atoms with van der Waals surface area (Å²) in [4.78, 5) is 24.3. The average molecular weight is 268 g/mol. The summed E-state index contributed by atoms with van der Waals surface area (Å²) < 4.78 is 9.59. The first-order valence-corrected chi connectivity index (χ1v) is 6.64. The Morgan fingerprint density at radius 2 is 1.89 bits per heavy atom. The van der Waals surface area contributed by atoms with Gasteiger partial charge in [0.15, 0.2) is 0 Å². The first-order valence-electron chi connectivity index (χ1n) is 5.66. The minimum atomic E-state index is -0.531. The maximum absolute atomic E-state index is 11.7. The molecule has 0 fully saturated rings. The number of carbonyl (C=O) groups excluding carboxylic acids is 2. The molecule has 0 aliphatic carbocycles. The maximum Gasteiger partial charge on any atom is 0.338 e. The molecule has 0 unspecified atom stereocenters. The second-order valence-electron chi connectivity index (χ2n) is 3.35. The van der Waals surface area contributed by atoms with E-state index in [9.17, 15) is 9.59 Å². The number of esters is 2. The lowest BCUT2D eigenvalue weighted by atomic mass is 10.1. The second-order valence-corrected chi connectivity index (χ2v) is 4.69. The number of methoxy groups -OCH3 is 1. The molecule has 0 radical (unpaired) electrons. The molecule has 1 aromatic carbocycles. The molecule has 0 aromatic heterocycles. The SMILES string of the molecule is CCOC(=O)c1ccc(SCC)cc1C(=O)OC. The van der Waals surface area contributed by atoms with Gasteiger partial charge < -0.3 is 9.47 Å². The third kappa shape index (κ3) is 3.50. The first-order chi connectivity index (χ1) is 8.63. The monoisotopic (exact) mass is 268 g/mol. The number of hydrogen-bond donors (Lipinski definition) is 0. The van der Waals surface area contributed by atoms with Gasteiger partial charge in [-0.15, -0.1) is 11.8 Å². The Kier molecular flexibility index (Phi) is 5.71. The maximum atomic E-state index is 11.7. The first kappa shape index (κ1) is 14.6. The number of hydrogen-bond acceptors (Lipinski definition) is 5. The highest BCUT2D eigenvalue weighted by atomic mass is 32.2. The van der Waals surface area contributed by atoms with Gasteiger partial charge in [0.2, 0.25) is 0 Å². The topological polar surface area (TPSA) is 52.6 Å². The van der Waals surface area contributed by atoms with Crippen LogP contribution in [-0.2, 0) is 9.47 Å². The minimum absolute atomic E-state index is 0.240. The van der Waals surface area contributed by atoms with E-state index >= 15 is 0 Å². The zero-order valence-electron chi connectivity index (χ0n) is 10.7. The molecular formula is C13H16O4S. The molecule has 1 aromatic rings. The second kappa shape index (κ2) is 7.06. The molecule has 5 heteroatoms. The number of carbonyl (C=O) groups is 2. The molecule has 0 aliphatic heterocycles. The summed E-state index contributed by atoms with van der Waals surface area (Å²) in [5.74, 6) is -0.151. The van der Waals surface area contributed by atoms with Crippen LogP contribution < -0.4 is 0 Å². The zero-order valence-corrected chi connectivity index (χ0v) is 11.5. The zero-order chi connectivity index (χ0) is 13.5. The molecule has 18 heavy (non-hydrogen) atoms. The number of ether oxygens (including phenoxy) is 2. The van der Waals surface area contributed by atoms with Crippen molar-refractivity contribution < 1.29 is 19.1 Å². The molecule has 0 saturated heterocycles. The van der Waals surface area contributed by atoms with Crippen molar-refractivity contribution in [3.05, 3.63) is 29.3 Å². The molecule has 1 rings (SSSR count). The summed E-state index contributed by atoms with van der Waals surface area (Å²) in [6.45, 7) is 4.00. The van der Waals surface area contributed by atoms with Gasteiger partial charge in [-0.25, -0.2) is 9.59 Å². The Morgan fingerprint density at radius 1 is 1.17 bits per heavy atom. The van der Waals surface area contributed by atoms with E-state index in [1.165, 1.54) is 7.11 Å². The number of thioether (sulfide) groups is 1. The Morgan fingerprint density at radius 3 is 2.44 bits per heavy atom. The van der Waals surface area contributed by atoms with Crippen LogP contribution >= 0.6 is 11.8 Å². The van der Waals surface area contributed by atoms with E-state index in [1.54, 1.807) is 36.9 Å². The predicted molar refractivity (Wildman–Crippen MR) is 70.1 cm³/mol. The van der Waals surface area contributed by atoms with Crippen LogP contribution in [0.25, 0.3) is 0 Å². The predicted octanol–water partition coefficient (Wildman–Crippen LogP) is 2.76. The van der Waals surface area contributed by atoms with E-state index < -0.39 is 11.9 Å². The number of rotatable bonds is 5. The van der Waals surface area contributed by atoms with Gasteiger partial charge in [0.05, 0.1) is 24.8 Å². The molecule has 0 atom stereocenters. The third-order valence-electron chi connectivity index (χ3n) is 2.20.